The highest BCUT2D eigenvalue weighted by Crippen LogP contribution is 2.38. The zero-order valence-corrected chi connectivity index (χ0v) is 15.8. The molecule has 2 N–H and O–H groups in total. The van der Waals surface area contributed by atoms with Crippen LogP contribution in [0.1, 0.15) is 31.9 Å². The molecule has 152 valence electrons. The lowest BCUT2D eigenvalue weighted by molar-refractivity contribution is -0.385. The smallest absolute Gasteiger partial charge is 0.270 e. The molecule has 3 atom stereocenters. The Morgan fingerprint density at radius 2 is 2.25 bits per heavy atom. The number of carbonyl (C=O) groups excluding carboxylic acids is 1. The lowest BCUT2D eigenvalue weighted by Crippen LogP contribution is -2.46. The Balaban J connectivity index is 2.22. The number of aliphatic hydroxyl groups excluding tert-OH is 1. The molecule has 2 rings (SSSR count). The van der Waals surface area contributed by atoms with Gasteiger partial charge in [-0.15, -0.1) is 0 Å². The first-order valence-electron chi connectivity index (χ1n) is 9.01. The van der Waals surface area contributed by atoms with E-state index in [1.54, 1.807) is 12.0 Å². The molecule has 9 nitrogen and oxygen atoms in total. The highest BCUT2D eigenvalue weighted by molar-refractivity contribution is 5.47. The van der Waals surface area contributed by atoms with Crippen LogP contribution in [0.3, 0.4) is 0 Å². The van der Waals surface area contributed by atoms with E-state index in [0.717, 1.165) is 0 Å². The molecule has 0 fully saturated rings. The molecule has 28 heavy (non-hydrogen) atoms. The van der Waals surface area contributed by atoms with Gasteiger partial charge in [-0.3, -0.25) is 10.1 Å². The summed E-state index contributed by atoms with van der Waals surface area (Å²) in [6, 6.07) is 3.73. The topological polar surface area (TPSA) is 120 Å². The average molecular weight is 392 g/mol. The van der Waals surface area contributed by atoms with Crippen LogP contribution in [0.15, 0.2) is 36.3 Å². The van der Waals surface area contributed by atoms with E-state index in [9.17, 15) is 20.0 Å². The van der Waals surface area contributed by atoms with Crippen LogP contribution in [0.25, 0.3) is 0 Å². The second-order valence-corrected chi connectivity index (χ2v) is 6.07. The van der Waals surface area contributed by atoms with E-state index in [0.29, 0.717) is 30.1 Å². The van der Waals surface area contributed by atoms with E-state index in [2.05, 4.69) is 5.32 Å². The van der Waals surface area contributed by atoms with Gasteiger partial charge in [0.2, 0.25) is 0 Å². The van der Waals surface area contributed by atoms with Crippen molar-refractivity contribution in [2.75, 3.05) is 19.8 Å². The van der Waals surface area contributed by atoms with E-state index < -0.39 is 23.2 Å². The van der Waals surface area contributed by atoms with Gasteiger partial charge in [0.15, 0.2) is 0 Å². The SMILES string of the molecule is CCOC(=COCC=C=O)CNC1c2cc([N+](=O)[O-])ccc2O[C@@H](CC)[C@@H]1O. The van der Waals surface area contributed by atoms with Gasteiger partial charge >= 0.3 is 0 Å². The Morgan fingerprint density at radius 1 is 1.46 bits per heavy atom. The first-order chi connectivity index (χ1) is 13.5. The predicted molar refractivity (Wildman–Crippen MR) is 100 cm³/mol. The number of hydrogen-bond donors (Lipinski definition) is 2. The Morgan fingerprint density at radius 3 is 2.89 bits per heavy atom. The number of nitro groups is 1. The Labute approximate surface area is 162 Å². The molecule has 1 unspecified atom stereocenters. The summed E-state index contributed by atoms with van der Waals surface area (Å²) in [4.78, 5) is 20.8. The van der Waals surface area contributed by atoms with Crippen LogP contribution in [0, 0.1) is 10.1 Å². The minimum atomic E-state index is -0.902. The number of nitrogens with one attached hydrogen (secondary N) is 1. The molecule has 1 aliphatic heterocycles. The zero-order valence-electron chi connectivity index (χ0n) is 15.8. The maximum atomic E-state index is 11.1. The normalized spacial score (nSPS) is 21.1. The van der Waals surface area contributed by atoms with Crippen molar-refractivity contribution in [2.24, 2.45) is 0 Å². The summed E-state index contributed by atoms with van der Waals surface area (Å²) in [6.07, 6.45) is 1.80. The summed E-state index contributed by atoms with van der Waals surface area (Å²) in [5, 5.41) is 25.0. The number of fused-ring (bicyclic) bond motifs is 1. The van der Waals surface area contributed by atoms with Crippen LogP contribution >= 0.6 is 0 Å². The molecule has 0 saturated carbocycles. The molecule has 1 aromatic carbocycles. The lowest BCUT2D eigenvalue weighted by atomic mass is 9.92. The van der Waals surface area contributed by atoms with E-state index in [1.807, 2.05) is 13.8 Å². The minimum absolute atomic E-state index is 0.0624. The van der Waals surface area contributed by atoms with Crippen molar-refractivity contribution >= 4 is 11.6 Å². The highest BCUT2D eigenvalue weighted by Gasteiger charge is 2.37. The third kappa shape index (κ3) is 5.32. The fourth-order valence-electron chi connectivity index (χ4n) is 2.93. The number of nitro benzene ring substituents is 1. The molecule has 0 saturated heterocycles. The van der Waals surface area contributed by atoms with Gasteiger partial charge in [0.05, 0.1) is 24.1 Å². The maximum absolute atomic E-state index is 11.1. The summed E-state index contributed by atoms with van der Waals surface area (Å²) in [5.41, 5.74) is 0.424. The number of nitrogens with zero attached hydrogens (tertiary/aromatic N) is 1. The van der Waals surface area contributed by atoms with E-state index >= 15 is 0 Å². The minimum Gasteiger partial charge on any atom is -0.494 e. The van der Waals surface area contributed by atoms with Crippen molar-refractivity contribution in [2.45, 2.75) is 38.5 Å². The molecule has 0 amide bonds. The van der Waals surface area contributed by atoms with Crippen molar-refractivity contribution in [1.82, 2.24) is 5.32 Å². The number of benzene rings is 1. The summed E-state index contributed by atoms with van der Waals surface area (Å²) >= 11 is 0. The van der Waals surface area contributed by atoms with E-state index in [4.69, 9.17) is 14.2 Å². The largest absolute Gasteiger partial charge is 0.494 e. The molecule has 1 aliphatic rings. The molecular weight excluding hydrogens is 368 g/mol. The summed E-state index contributed by atoms with van der Waals surface area (Å²) in [6.45, 7) is 4.37. The monoisotopic (exact) mass is 392 g/mol. The van der Waals surface area contributed by atoms with Gasteiger partial charge in [-0.2, -0.15) is 0 Å². The van der Waals surface area contributed by atoms with Crippen LogP contribution in [-0.2, 0) is 14.3 Å². The summed E-state index contributed by atoms with van der Waals surface area (Å²) < 4.78 is 16.5. The summed E-state index contributed by atoms with van der Waals surface area (Å²) in [7, 11) is 0. The van der Waals surface area contributed by atoms with Crippen molar-refractivity contribution in [3.63, 3.8) is 0 Å². The van der Waals surface area contributed by atoms with Crippen LogP contribution in [0.5, 0.6) is 5.75 Å². The molecule has 0 radical (unpaired) electrons. The van der Waals surface area contributed by atoms with Crippen molar-refractivity contribution in [1.29, 1.82) is 0 Å². The molecule has 0 aromatic heterocycles. The number of rotatable bonds is 10. The fraction of sp³-hybridized carbons (Fsp3) is 0.474. The van der Waals surface area contributed by atoms with Gasteiger partial charge in [-0.1, -0.05) is 6.92 Å². The molecule has 1 aromatic rings. The van der Waals surface area contributed by atoms with Crippen LogP contribution < -0.4 is 10.1 Å². The first kappa shape index (κ1) is 21.4. The van der Waals surface area contributed by atoms with Crippen molar-refractivity contribution in [3.8, 4) is 5.75 Å². The van der Waals surface area contributed by atoms with Gasteiger partial charge in [0.1, 0.15) is 42.5 Å². The number of non-ortho nitro benzene ring substituents is 1. The van der Waals surface area contributed by atoms with Crippen molar-refractivity contribution < 1.29 is 29.0 Å². The molecule has 0 aliphatic carbocycles. The predicted octanol–water partition coefficient (Wildman–Crippen LogP) is 2.04. The second kappa shape index (κ2) is 10.5. The second-order valence-electron chi connectivity index (χ2n) is 6.07. The first-order valence-corrected chi connectivity index (χ1v) is 9.01. The maximum Gasteiger partial charge on any atom is 0.270 e. The third-order valence-corrected chi connectivity index (χ3v) is 4.25. The lowest BCUT2D eigenvalue weighted by Gasteiger charge is -2.36. The van der Waals surface area contributed by atoms with Gasteiger partial charge in [0.25, 0.3) is 5.69 Å². The zero-order chi connectivity index (χ0) is 20.5. The van der Waals surface area contributed by atoms with Crippen LogP contribution in [0.4, 0.5) is 5.69 Å². The number of hydrogen-bond acceptors (Lipinski definition) is 8. The highest BCUT2D eigenvalue weighted by atomic mass is 16.6. The molecule has 0 spiro atoms. The average Bonchev–Trinajstić information content (AvgIpc) is 2.69. The number of aliphatic hydroxyl groups is 1. The number of ether oxygens (including phenoxy) is 3. The van der Waals surface area contributed by atoms with Crippen LogP contribution in [-0.4, -0.2) is 47.9 Å². The molecule has 9 heteroatoms. The Kier molecular flexibility index (Phi) is 8.01. The van der Waals surface area contributed by atoms with Gasteiger partial charge in [-0.05, 0) is 19.4 Å². The van der Waals surface area contributed by atoms with Gasteiger partial charge in [0, 0.05) is 23.8 Å². The van der Waals surface area contributed by atoms with Gasteiger partial charge in [-0.25, -0.2) is 4.79 Å². The standard InChI is InChI=1S/C19H24N2O7/c1-3-16-19(23)18(15-10-13(21(24)25)6-7-17(15)28-16)20-11-14(27-4-2)12-26-9-5-8-22/h5-7,10,12,16,18-20,23H,3-4,9,11H2,1-2H3/t16-,18?,19-/m0/s1. The Hall–Kier alpha value is -2.87. The van der Waals surface area contributed by atoms with Crippen molar-refractivity contribution in [3.05, 3.63) is 52.0 Å². The third-order valence-electron chi connectivity index (χ3n) is 4.25. The fourth-order valence-corrected chi connectivity index (χ4v) is 2.93. The Bertz CT molecular complexity index is 759. The summed E-state index contributed by atoms with van der Waals surface area (Å²) in [5.74, 6) is 2.57. The molecular formula is C19H24N2O7. The van der Waals surface area contributed by atoms with Gasteiger partial charge < -0.3 is 24.6 Å². The molecule has 1 heterocycles. The molecule has 0 bridgehead atoms. The van der Waals surface area contributed by atoms with Crippen LogP contribution in [0.2, 0.25) is 0 Å². The van der Waals surface area contributed by atoms with E-state index in [-0.39, 0.29) is 18.8 Å². The van der Waals surface area contributed by atoms with E-state index in [1.165, 1.54) is 24.5 Å². The quantitative estimate of drug-likeness (QED) is 0.204.